The lowest BCUT2D eigenvalue weighted by atomic mass is 10.0. The van der Waals surface area contributed by atoms with Crippen molar-refractivity contribution in [1.82, 2.24) is 4.90 Å². The van der Waals surface area contributed by atoms with Crippen molar-refractivity contribution in [3.8, 4) is 0 Å². The van der Waals surface area contributed by atoms with E-state index in [9.17, 15) is 4.79 Å². The standard InChI is InChI=1S/C17H26N2O2/c1-19(13-15-9-5-6-12-21-15)17(20)11-10-16(18)14-7-3-2-4-8-14/h2-4,7-8,15-16H,5-6,9-13,18H2,1H3. The van der Waals surface area contributed by atoms with Crippen LogP contribution in [0.3, 0.4) is 0 Å². The predicted molar refractivity (Wildman–Crippen MR) is 83.8 cm³/mol. The van der Waals surface area contributed by atoms with Crippen LogP contribution in [0.2, 0.25) is 0 Å². The fraction of sp³-hybridized carbons (Fsp3) is 0.588. The molecule has 116 valence electrons. The van der Waals surface area contributed by atoms with Crippen molar-refractivity contribution in [3.63, 3.8) is 0 Å². The quantitative estimate of drug-likeness (QED) is 0.875. The average Bonchev–Trinajstić information content (AvgIpc) is 2.54. The Hall–Kier alpha value is -1.39. The Balaban J connectivity index is 1.73. The van der Waals surface area contributed by atoms with Gasteiger partial charge in [-0.25, -0.2) is 0 Å². The SMILES string of the molecule is CN(CC1CCCCO1)C(=O)CCC(N)c1ccccc1. The van der Waals surface area contributed by atoms with E-state index in [2.05, 4.69) is 0 Å². The number of likely N-dealkylation sites (N-methyl/N-ethyl adjacent to an activating group) is 1. The van der Waals surface area contributed by atoms with Crippen LogP contribution in [0.5, 0.6) is 0 Å². The van der Waals surface area contributed by atoms with Gasteiger partial charge >= 0.3 is 0 Å². The molecule has 2 rings (SSSR count). The number of amides is 1. The smallest absolute Gasteiger partial charge is 0.222 e. The summed E-state index contributed by atoms with van der Waals surface area (Å²) in [7, 11) is 1.86. The summed E-state index contributed by atoms with van der Waals surface area (Å²) in [4.78, 5) is 14.0. The fourth-order valence-electron chi connectivity index (χ4n) is 2.70. The molecule has 1 amide bonds. The molecule has 0 bridgehead atoms. The van der Waals surface area contributed by atoms with E-state index >= 15 is 0 Å². The molecule has 4 nitrogen and oxygen atoms in total. The molecule has 1 heterocycles. The Bertz CT molecular complexity index is 430. The van der Waals surface area contributed by atoms with Gasteiger partial charge in [0.15, 0.2) is 0 Å². The zero-order chi connectivity index (χ0) is 15.1. The van der Waals surface area contributed by atoms with Gasteiger partial charge in [-0.3, -0.25) is 4.79 Å². The number of ether oxygens (including phenoxy) is 1. The summed E-state index contributed by atoms with van der Waals surface area (Å²) >= 11 is 0. The average molecular weight is 290 g/mol. The zero-order valence-corrected chi connectivity index (χ0v) is 12.8. The molecule has 1 fully saturated rings. The van der Waals surface area contributed by atoms with Crippen LogP contribution in [0.25, 0.3) is 0 Å². The van der Waals surface area contributed by atoms with Crippen LogP contribution >= 0.6 is 0 Å². The minimum absolute atomic E-state index is 0.0746. The second-order valence-electron chi connectivity index (χ2n) is 5.82. The van der Waals surface area contributed by atoms with Crippen LogP contribution < -0.4 is 5.73 Å². The number of rotatable bonds is 6. The van der Waals surface area contributed by atoms with Crippen LogP contribution in [0.4, 0.5) is 0 Å². The molecule has 2 atom stereocenters. The van der Waals surface area contributed by atoms with Crippen molar-refractivity contribution >= 4 is 5.91 Å². The van der Waals surface area contributed by atoms with Crippen molar-refractivity contribution in [2.75, 3.05) is 20.2 Å². The molecule has 0 aromatic heterocycles. The van der Waals surface area contributed by atoms with Crippen molar-refractivity contribution < 1.29 is 9.53 Å². The van der Waals surface area contributed by atoms with Gasteiger partial charge in [0.2, 0.25) is 5.91 Å². The molecule has 1 aliphatic heterocycles. The second kappa shape index (κ2) is 8.15. The van der Waals surface area contributed by atoms with Crippen molar-refractivity contribution in [1.29, 1.82) is 0 Å². The first kappa shape index (κ1) is 16.0. The summed E-state index contributed by atoms with van der Waals surface area (Å²) in [6.07, 6.45) is 4.76. The minimum Gasteiger partial charge on any atom is -0.376 e. The third kappa shape index (κ3) is 5.14. The van der Waals surface area contributed by atoms with Gasteiger partial charge in [0.25, 0.3) is 0 Å². The van der Waals surface area contributed by atoms with Gasteiger partial charge in [0.05, 0.1) is 6.10 Å². The summed E-state index contributed by atoms with van der Waals surface area (Å²) < 4.78 is 5.68. The Kier molecular flexibility index (Phi) is 6.21. The number of carbonyl (C=O) groups is 1. The third-order valence-corrected chi connectivity index (χ3v) is 4.07. The van der Waals surface area contributed by atoms with Gasteiger partial charge in [-0.2, -0.15) is 0 Å². The third-order valence-electron chi connectivity index (χ3n) is 4.07. The van der Waals surface area contributed by atoms with E-state index in [4.69, 9.17) is 10.5 Å². The number of carbonyl (C=O) groups excluding carboxylic acids is 1. The van der Waals surface area contributed by atoms with Gasteiger partial charge in [-0.05, 0) is 31.2 Å². The molecule has 21 heavy (non-hydrogen) atoms. The molecule has 0 radical (unpaired) electrons. The summed E-state index contributed by atoms with van der Waals surface area (Å²) in [5, 5.41) is 0. The minimum atomic E-state index is -0.0746. The van der Waals surface area contributed by atoms with E-state index < -0.39 is 0 Å². The van der Waals surface area contributed by atoms with Crippen LogP contribution in [-0.4, -0.2) is 37.1 Å². The Morgan fingerprint density at radius 3 is 2.81 bits per heavy atom. The molecule has 1 saturated heterocycles. The first-order valence-corrected chi connectivity index (χ1v) is 7.83. The van der Waals surface area contributed by atoms with Crippen molar-refractivity contribution in [2.24, 2.45) is 5.73 Å². The molecule has 0 spiro atoms. The van der Waals surface area contributed by atoms with Crippen molar-refractivity contribution in [3.05, 3.63) is 35.9 Å². The van der Waals surface area contributed by atoms with Crippen LogP contribution in [0.1, 0.15) is 43.7 Å². The maximum Gasteiger partial charge on any atom is 0.222 e. The van der Waals surface area contributed by atoms with Crippen LogP contribution in [-0.2, 0) is 9.53 Å². The van der Waals surface area contributed by atoms with Gasteiger partial charge in [-0.1, -0.05) is 30.3 Å². The predicted octanol–water partition coefficient (Wildman–Crippen LogP) is 2.49. The number of nitrogens with two attached hydrogens (primary N) is 1. The molecule has 2 N–H and O–H groups in total. The Labute approximate surface area is 127 Å². The Morgan fingerprint density at radius 1 is 1.38 bits per heavy atom. The van der Waals surface area contributed by atoms with E-state index in [1.54, 1.807) is 4.90 Å². The maximum absolute atomic E-state index is 12.2. The normalized spacial score (nSPS) is 20.0. The molecular weight excluding hydrogens is 264 g/mol. The highest BCUT2D eigenvalue weighted by molar-refractivity contribution is 5.75. The number of hydrogen-bond donors (Lipinski definition) is 1. The number of hydrogen-bond acceptors (Lipinski definition) is 3. The van der Waals surface area contributed by atoms with Gasteiger partial charge in [0, 0.05) is 32.7 Å². The first-order valence-electron chi connectivity index (χ1n) is 7.83. The monoisotopic (exact) mass is 290 g/mol. The molecule has 2 unspecified atom stereocenters. The summed E-state index contributed by atoms with van der Waals surface area (Å²) in [6.45, 7) is 1.52. The van der Waals surface area contributed by atoms with Gasteiger partial charge < -0.3 is 15.4 Å². The van der Waals surface area contributed by atoms with E-state index in [1.165, 1.54) is 6.42 Å². The first-order chi connectivity index (χ1) is 10.2. The highest BCUT2D eigenvalue weighted by Gasteiger charge is 2.19. The summed E-state index contributed by atoms with van der Waals surface area (Å²) in [6, 6.07) is 9.87. The summed E-state index contributed by atoms with van der Waals surface area (Å²) in [5.74, 6) is 0.149. The van der Waals surface area contributed by atoms with E-state index in [0.717, 1.165) is 25.0 Å². The lowest BCUT2D eigenvalue weighted by Gasteiger charge is -2.27. The lowest BCUT2D eigenvalue weighted by molar-refractivity contribution is -0.132. The molecule has 1 aromatic rings. The zero-order valence-electron chi connectivity index (χ0n) is 12.8. The topological polar surface area (TPSA) is 55.6 Å². The highest BCUT2D eigenvalue weighted by atomic mass is 16.5. The van der Waals surface area contributed by atoms with Crippen molar-refractivity contribution in [2.45, 2.75) is 44.2 Å². The number of benzene rings is 1. The van der Waals surface area contributed by atoms with E-state index in [-0.39, 0.29) is 18.1 Å². The van der Waals surface area contributed by atoms with Crippen LogP contribution in [0, 0.1) is 0 Å². The molecular formula is C17H26N2O2. The second-order valence-corrected chi connectivity index (χ2v) is 5.82. The van der Waals surface area contributed by atoms with Gasteiger partial charge in [-0.15, -0.1) is 0 Å². The van der Waals surface area contributed by atoms with E-state index in [1.807, 2.05) is 37.4 Å². The van der Waals surface area contributed by atoms with Crippen LogP contribution in [0.15, 0.2) is 30.3 Å². The molecule has 4 heteroatoms. The highest BCUT2D eigenvalue weighted by Crippen LogP contribution is 2.17. The Morgan fingerprint density at radius 2 is 2.14 bits per heavy atom. The molecule has 0 saturated carbocycles. The number of nitrogens with zero attached hydrogens (tertiary/aromatic N) is 1. The largest absolute Gasteiger partial charge is 0.376 e. The lowest BCUT2D eigenvalue weighted by Crippen LogP contribution is -2.37. The molecule has 1 aromatic carbocycles. The maximum atomic E-state index is 12.2. The molecule has 0 aliphatic carbocycles. The summed E-state index contributed by atoms with van der Waals surface area (Å²) in [5.41, 5.74) is 7.22. The van der Waals surface area contributed by atoms with E-state index in [0.29, 0.717) is 19.4 Å². The fourth-order valence-corrected chi connectivity index (χ4v) is 2.70. The van der Waals surface area contributed by atoms with Gasteiger partial charge in [0.1, 0.15) is 0 Å². The molecule has 1 aliphatic rings.